The normalized spacial score (nSPS) is 18.6. The zero-order valence-corrected chi connectivity index (χ0v) is 13.9. The van der Waals surface area contributed by atoms with Crippen LogP contribution in [0, 0.1) is 11.8 Å². The third kappa shape index (κ3) is 4.11. The lowest BCUT2D eigenvalue weighted by atomic mass is 9.95. The van der Waals surface area contributed by atoms with Crippen molar-refractivity contribution >= 4 is 23.4 Å². The van der Waals surface area contributed by atoms with Gasteiger partial charge in [0.15, 0.2) is 0 Å². The molecule has 1 heterocycles. The second-order valence-electron chi connectivity index (χ2n) is 6.33. The number of carbonyl (C=O) groups excluding carboxylic acids is 3. The van der Waals surface area contributed by atoms with Crippen molar-refractivity contribution in [3.8, 4) is 0 Å². The minimum Gasteiger partial charge on any atom is -0.344 e. The predicted molar refractivity (Wildman–Crippen MR) is 88.2 cm³/mol. The van der Waals surface area contributed by atoms with Gasteiger partial charge in [0.2, 0.25) is 11.8 Å². The van der Waals surface area contributed by atoms with Crippen LogP contribution in [0.5, 0.6) is 0 Å². The highest BCUT2D eigenvalue weighted by Gasteiger charge is 2.36. The molecule has 7 heteroatoms. The van der Waals surface area contributed by atoms with Gasteiger partial charge in [-0.25, -0.2) is 5.48 Å². The number of nitrogens with zero attached hydrogens (tertiary/aromatic N) is 1. The highest BCUT2D eigenvalue weighted by molar-refractivity contribution is 6.05. The molecule has 7 nitrogen and oxygen atoms in total. The average Bonchev–Trinajstić information content (AvgIpc) is 2.93. The maximum atomic E-state index is 12.5. The van der Waals surface area contributed by atoms with E-state index in [-0.39, 0.29) is 11.8 Å². The first kappa shape index (κ1) is 17.9. The highest BCUT2D eigenvalue weighted by atomic mass is 16.5. The molecule has 0 aromatic heterocycles. The largest absolute Gasteiger partial charge is 0.344 e. The second-order valence-corrected chi connectivity index (χ2v) is 6.33. The number of amides is 3. The van der Waals surface area contributed by atoms with Crippen LogP contribution < -0.4 is 15.7 Å². The molecule has 0 unspecified atom stereocenters. The topological polar surface area (TPSA) is 98.7 Å². The molecule has 1 aromatic carbocycles. The Labute approximate surface area is 141 Å². The molecule has 1 aliphatic heterocycles. The summed E-state index contributed by atoms with van der Waals surface area (Å²) in [6.45, 7) is 4.26. The van der Waals surface area contributed by atoms with Gasteiger partial charge in [0.05, 0.1) is 0 Å². The van der Waals surface area contributed by atoms with E-state index in [0.717, 1.165) is 5.69 Å². The molecule has 0 aliphatic carbocycles. The monoisotopic (exact) mass is 333 g/mol. The Morgan fingerprint density at radius 1 is 1.25 bits per heavy atom. The number of carbonyl (C=O) groups is 3. The SMILES string of the molecule is CC(C)C[C@@H](C(=O)NO)C(=O)N[C@@H]1CCN(c2ccccc2)C1=O. The van der Waals surface area contributed by atoms with Crippen LogP contribution in [0.3, 0.4) is 0 Å². The number of hydrogen-bond acceptors (Lipinski definition) is 4. The van der Waals surface area contributed by atoms with Crippen LogP contribution in [0.4, 0.5) is 5.69 Å². The van der Waals surface area contributed by atoms with Crippen molar-refractivity contribution in [2.24, 2.45) is 11.8 Å². The molecule has 0 saturated carbocycles. The van der Waals surface area contributed by atoms with Gasteiger partial charge in [0.25, 0.3) is 5.91 Å². The highest BCUT2D eigenvalue weighted by Crippen LogP contribution is 2.22. The number of hydrogen-bond donors (Lipinski definition) is 3. The van der Waals surface area contributed by atoms with Crippen molar-refractivity contribution in [1.82, 2.24) is 10.8 Å². The van der Waals surface area contributed by atoms with E-state index in [4.69, 9.17) is 5.21 Å². The van der Waals surface area contributed by atoms with E-state index < -0.39 is 23.8 Å². The maximum absolute atomic E-state index is 12.5. The van der Waals surface area contributed by atoms with E-state index in [0.29, 0.717) is 19.4 Å². The van der Waals surface area contributed by atoms with Crippen molar-refractivity contribution in [1.29, 1.82) is 0 Å². The first-order chi connectivity index (χ1) is 11.4. The molecule has 1 aromatic rings. The Balaban J connectivity index is 2.03. The molecule has 1 aliphatic rings. The van der Waals surface area contributed by atoms with Crippen molar-refractivity contribution < 1.29 is 19.6 Å². The van der Waals surface area contributed by atoms with E-state index in [1.54, 1.807) is 4.90 Å². The molecular weight excluding hydrogens is 310 g/mol. The van der Waals surface area contributed by atoms with Crippen LogP contribution >= 0.6 is 0 Å². The maximum Gasteiger partial charge on any atom is 0.255 e. The molecular formula is C17H23N3O4. The summed E-state index contributed by atoms with van der Waals surface area (Å²) in [7, 11) is 0. The van der Waals surface area contributed by atoms with Crippen molar-refractivity contribution in [2.75, 3.05) is 11.4 Å². The lowest BCUT2D eigenvalue weighted by Gasteiger charge is -2.20. The van der Waals surface area contributed by atoms with Gasteiger partial charge in [-0.05, 0) is 30.9 Å². The molecule has 2 rings (SSSR count). The van der Waals surface area contributed by atoms with Crippen LogP contribution in [0.25, 0.3) is 0 Å². The quantitative estimate of drug-likeness (QED) is 0.412. The molecule has 0 bridgehead atoms. The lowest BCUT2D eigenvalue weighted by Crippen LogP contribution is -2.47. The van der Waals surface area contributed by atoms with Crippen molar-refractivity contribution in [2.45, 2.75) is 32.7 Å². The van der Waals surface area contributed by atoms with E-state index in [2.05, 4.69) is 5.32 Å². The Hall–Kier alpha value is -2.41. The molecule has 24 heavy (non-hydrogen) atoms. The lowest BCUT2D eigenvalue weighted by molar-refractivity contribution is -0.142. The van der Waals surface area contributed by atoms with Gasteiger partial charge in [0.1, 0.15) is 12.0 Å². The molecule has 2 atom stereocenters. The summed E-state index contributed by atoms with van der Waals surface area (Å²) < 4.78 is 0. The molecule has 0 radical (unpaired) electrons. The summed E-state index contributed by atoms with van der Waals surface area (Å²) in [5, 5.41) is 11.5. The predicted octanol–water partition coefficient (Wildman–Crippen LogP) is 1.08. The Morgan fingerprint density at radius 3 is 2.50 bits per heavy atom. The minimum atomic E-state index is -1.02. The van der Waals surface area contributed by atoms with Gasteiger partial charge in [-0.15, -0.1) is 0 Å². The van der Waals surface area contributed by atoms with Crippen LogP contribution in [-0.2, 0) is 14.4 Å². The van der Waals surface area contributed by atoms with E-state index in [1.807, 2.05) is 44.2 Å². The Kier molecular flexibility index (Phi) is 5.92. The number of nitrogens with one attached hydrogen (secondary N) is 2. The summed E-state index contributed by atoms with van der Waals surface area (Å²) >= 11 is 0. The van der Waals surface area contributed by atoms with Crippen LogP contribution in [0.2, 0.25) is 0 Å². The number of para-hydroxylation sites is 1. The second kappa shape index (κ2) is 7.92. The summed E-state index contributed by atoms with van der Waals surface area (Å²) in [5.41, 5.74) is 2.31. The first-order valence-corrected chi connectivity index (χ1v) is 8.04. The fraction of sp³-hybridized carbons (Fsp3) is 0.471. The molecule has 3 N–H and O–H groups in total. The minimum absolute atomic E-state index is 0.0955. The van der Waals surface area contributed by atoms with Gasteiger partial charge < -0.3 is 10.2 Å². The molecule has 0 spiro atoms. The number of rotatable bonds is 6. The summed E-state index contributed by atoms with van der Waals surface area (Å²) in [6, 6.07) is 8.58. The first-order valence-electron chi connectivity index (χ1n) is 8.04. The van der Waals surface area contributed by atoms with Gasteiger partial charge in [-0.2, -0.15) is 0 Å². The number of anilines is 1. The third-order valence-corrected chi connectivity index (χ3v) is 4.04. The van der Waals surface area contributed by atoms with Gasteiger partial charge in [0, 0.05) is 12.2 Å². The van der Waals surface area contributed by atoms with E-state index in [1.165, 1.54) is 5.48 Å². The molecule has 130 valence electrons. The zero-order chi connectivity index (χ0) is 17.7. The van der Waals surface area contributed by atoms with Crippen LogP contribution in [0.1, 0.15) is 26.7 Å². The number of benzene rings is 1. The number of hydroxylamine groups is 1. The Bertz CT molecular complexity index is 603. The summed E-state index contributed by atoms with van der Waals surface area (Å²) in [4.78, 5) is 38.2. The van der Waals surface area contributed by atoms with Crippen LogP contribution in [-0.4, -0.2) is 35.5 Å². The summed E-state index contributed by atoms with van der Waals surface area (Å²) in [5.74, 6) is -2.41. The smallest absolute Gasteiger partial charge is 0.255 e. The molecule has 1 fully saturated rings. The van der Waals surface area contributed by atoms with Crippen molar-refractivity contribution in [3.05, 3.63) is 30.3 Å². The van der Waals surface area contributed by atoms with Gasteiger partial charge in [-0.1, -0.05) is 32.0 Å². The Morgan fingerprint density at radius 2 is 1.92 bits per heavy atom. The van der Waals surface area contributed by atoms with Crippen molar-refractivity contribution in [3.63, 3.8) is 0 Å². The van der Waals surface area contributed by atoms with Gasteiger partial charge >= 0.3 is 0 Å². The van der Waals surface area contributed by atoms with E-state index in [9.17, 15) is 14.4 Å². The van der Waals surface area contributed by atoms with Gasteiger partial charge in [-0.3, -0.25) is 19.6 Å². The average molecular weight is 333 g/mol. The summed E-state index contributed by atoms with van der Waals surface area (Å²) in [6.07, 6.45) is 0.774. The zero-order valence-electron chi connectivity index (χ0n) is 13.9. The third-order valence-electron chi connectivity index (χ3n) is 4.04. The molecule has 3 amide bonds. The van der Waals surface area contributed by atoms with Crippen LogP contribution in [0.15, 0.2) is 30.3 Å². The standard InChI is InChI=1S/C17H23N3O4/c1-11(2)10-13(16(22)19-24)15(21)18-14-8-9-20(17(14)23)12-6-4-3-5-7-12/h3-7,11,13-14,24H,8-10H2,1-2H3,(H,18,21)(H,19,22)/t13-,14-/m1/s1. The van der Waals surface area contributed by atoms with E-state index >= 15 is 0 Å². The fourth-order valence-corrected chi connectivity index (χ4v) is 2.83. The molecule has 1 saturated heterocycles. The fourth-order valence-electron chi connectivity index (χ4n) is 2.83.